The Bertz CT molecular complexity index is 689. The highest BCUT2D eigenvalue weighted by atomic mass is 35.5. The first-order valence-electron chi connectivity index (χ1n) is 7.19. The number of anilines is 1. The zero-order valence-electron chi connectivity index (χ0n) is 12.9. The number of amides is 1. The second kappa shape index (κ2) is 8.02. The number of likely N-dealkylation sites (N-methyl/N-ethyl adjacent to an activating group) is 1. The van der Waals surface area contributed by atoms with E-state index in [2.05, 4.69) is 5.32 Å². The first kappa shape index (κ1) is 18.1. The third-order valence-corrected chi connectivity index (χ3v) is 4.52. The molecule has 2 rings (SSSR count). The smallest absolute Gasteiger partial charge is 0.282 e. The minimum Gasteiger partial charge on any atom is -0.324 e. The molecule has 3 nitrogen and oxygen atoms in total. The van der Waals surface area contributed by atoms with Crippen LogP contribution in [0.5, 0.6) is 0 Å². The fourth-order valence-corrected chi connectivity index (χ4v) is 2.71. The summed E-state index contributed by atoms with van der Waals surface area (Å²) in [7, 11) is 1.97. The van der Waals surface area contributed by atoms with Gasteiger partial charge in [-0.1, -0.05) is 46.9 Å². The monoisotopic (exact) mass is 371 g/mol. The van der Waals surface area contributed by atoms with Crippen LogP contribution in [0.3, 0.4) is 0 Å². The molecule has 0 aromatic heterocycles. The number of halogens is 3. The highest BCUT2D eigenvalue weighted by Crippen LogP contribution is 2.25. The summed E-state index contributed by atoms with van der Waals surface area (Å²) in [4.78, 5) is 13.5. The minimum absolute atomic E-state index is 0.0966. The molecular weight excluding hydrogens is 355 g/mol. The molecule has 1 amide bonds. The van der Waals surface area contributed by atoms with E-state index in [1.54, 1.807) is 18.2 Å². The lowest BCUT2D eigenvalue weighted by atomic mass is 10.2. The lowest BCUT2D eigenvalue weighted by Crippen LogP contribution is -3.12. The molecule has 0 fully saturated rings. The van der Waals surface area contributed by atoms with Gasteiger partial charge in [-0.25, -0.2) is 0 Å². The average Bonchev–Trinajstić information content (AvgIpc) is 2.51. The highest BCUT2D eigenvalue weighted by molar-refractivity contribution is 6.36. The maximum absolute atomic E-state index is 12.4. The van der Waals surface area contributed by atoms with E-state index < -0.39 is 0 Å². The van der Waals surface area contributed by atoms with Gasteiger partial charge in [-0.15, -0.1) is 0 Å². The molecule has 0 aliphatic heterocycles. The van der Waals surface area contributed by atoms with Gasteiger partial charge in [-0.05, 0) is 37.3 Å². The summed E-state index contributed by atoms with van der Waals surface area (Å²) in [6, 6.07) is 12.4. The molecule has 122 valence electrons. The summed E-state index contributed by atoms with van der Waals surface area (Å²) < 4.78 is 0. The number of quaternary nitrogens is 1. The first-order chi connectivity index (χ1) is 10.9. The lowest BCUT2D eigenvalue weighted by molar-refractivity contribution is -0.907. The standard InChI is InChI=1S/C17H17Cl3N2O/c1-11(22(2)10-12-3-5-13(18)6-4-12)17(23)21-16-8-7-14(19)9-15(16)20/h3-9,11H,10H2,1-2H3,(H,21,23)/p+1/t11-/m1/s1. The van der Waals surface area contributed by atoms with Crippen molar-refractivity contribution in [3.63, 3.8) is 0 Å². The SMILES string of the molecule is C[C@H](C(=O)Nc1ccc(Cl)cc1Cl)[NH+](C)Cc1ccc(Cl)cc1. The molecule has 6 heteroatoms. The van der Waals surface area contributed by atoms with Crippen LogP contribution in [0.25, 0.3) is 0 Å². The number of nitrogens with one attached hydrogen (secondary N) is 2. The average molecular weight is 373 g/mol. The van der Waals surface area contributed by atoms with Gasteiger partial charge in [0.1, 0.15) is 6.54 Å². The summed E-state index contributed by atoms with van der Waals surface area (Å²) in [6.45, 7) is 2.60. The second-order valence-electron chi connectivity index (χ2n) is 5.48. The van der Waals surface area contributed by atoms with E-state index in [1.807, 2.05) is 38.2 Å². The fourth-order valence-electron chi connectivity index (χ4n) is 2.13. The first-order valence-corrected chi connectivity index (χ1v) is 8.33. The van der Waals surface area contributed by atoms with Crippen molar-refractivity contribution in [1.29, 1.82) is 0 Å². The van der Waals surface area contributed by atoms with Crippen molar-refractivity contribution in [1.82, 2.24) is 0 Å². The third kappa shape index (κ3) is 5.11. The van der Waals surface area contributed by atoms with Gasteiger partial charge < -0.3 is 10.2 Å². The molecule has 0 bridgehead atoms. The number of carbonyl (C=O) groups excluding carboxylic acids is 1. The van der Waals surface area contributed by atoms with Crippen molar-refractivity contribution in [3.8, 4) is 0 Å². The quantitative estimate of drug-likeness (QED) is 0.824. The Balaban J connectivity index is 1.99. The second-order valence-corrected chi connectivity index (χ2v) is 6.76. The van der Waals surface area contributed by atoms with Crippen LogP contribution in [0.4, 0.5) is 5.69 Å². The van der Waals surface area contributed by atoms with Gasteiger partial charge in [0.25, 0.3) is 5.91 Å². The molecule has 0 spiro atoms. The van der Waals surface area contributed by atoms with Gasteiger partial charge in [0.2, 0.25) is 0 Å². The van der Waals surface area contributed by atoms with Crippen molar-refractivity contribution >= 4 is 46.4 Å². The maximum atomic E-state index is 12.4. The molecule has 2 atom stereocenters. The van der Waals surface area contributed by atoms with Gasteiger partial charge in [0.15, 0.2) is 6.04 Å². The molecule has 0 saturated heterocycles. The van der Waals surface area contributed by atoms with E-state index >= 15 is 0 Å². The molecule has 2 aromatic carbocycles. The summed E-state index contributed by atoms with van der Waals surface area (Å²) >= 11 is 17.8. The van der Waals surface area contributed by atoms with Gasteiger partial charge in [0.05, 0.1) is 17.8 Å². The van der Waals surface area contributed by atoms with Crippen LogP contribution in [0.2, 0.25) is 15.1 Å². The number of hydrogen-bond acceptors (Lipinski definition) is 1. The Hall–Kier alpha value is -1.26. The van der Waals surface area contributed by atoms with E-state index in [9.17, 15) is 4.79 Å². The predicted octanol–water partition coefficient (Wildman–Crippen LogP) is 3.69. The van der Waals surface area contributed by atoms with Crippen molar-refractivity contribution in [2.24, 2.45) is 0 Å². The third-order valence-electron chi connectivity index (χ3n) is 3.72. The number of rotatable bonds is 5. The molecule has 0 aliphatic carbocycles. The van der Waals surface area contributed by atoms with Crippen molar-refractivity contribution < 1.29 is 9.69 Å². The van der Waals surface area contributed by atoms with Gasteiger partial charge in [0, 0.05) is 15.6 Å². The molecule has 0 aliphatic rings. The molecular formula is C17H18Cl3N2O+. The Morgan fingerprint density at radius 3 is 2.30 bits per heavy atom. The Labute approximate surface area is 151 Å². The molecule has 0 saturated carbocycles. The van der Waals surface area contributed by atoms with E-state index in [-0.39, 0.29) is 11.9 Å². The van der Waals surface area contributed by atoms with Crippen molar-refractivity contribution in [2.75, 3.05) is 12.4 Å². The highest BCUT2D eigenvalue weighted by Gasteiger charge is 2.22. The number of benzene rings is 2. The molecule has 0 radical (unpaired) electrons. The fraction of sp³-hybridized carbons (Fsp3) is 0.235. The predicted molar refractivity (Wildman–Crippen MR) is 96.6 cm³/mol. The van der Waals surface area contributed by atoms with E-state index in [0.29, 0.717) is 20.8 Å². The van der Waals surface area contributed by atoms with Crippen LogP contribution in [-0.4, -0.2) is 19.0 Å². The summed E-state index contributed by atoms with van der Waals surface area (Å²) in [6.07, 6.45) is 0. The van der Waals surface area contributed by atoms with Crippen LogP contribution in [0, 0.1) is 0 Å². The number of hydrogen-bond donors (Lipinski definition) is 2. The Morgan fingerprint density at radius 1 is 1.09 bits per heavy atom. The molecule has 23 heavy (non-hydrogen) atoms. The molecule has 2 aromatic rings. The number of carbonyl (C=O) groups is 1. The van der Waals surface area contributed by atoms with Gasteiger partial charge in [-0.2, -0.15) is 0 Å². The van der Waals surface area contributed by atoms with Crippen LogP contribution in [0.15, 0.2) is 42.5 Å². The van der Waals surface area contributed by atoms with E-state index in [1.165, 1.54) is 0 Å². The van der Waals surface area contributed by atoms with E-state index in [4.69, 9.17) is 34.8 Å². The molecule has 2 N–H and O–H groups in total. The topological polar surface area (TPSA) is 33.5 Å². The largest absolute Gasteiger partial charge is 0.324 e. The van der Waals surface area contributed by atoms with E-state index in [0.717, 1.165) is 17.0 Å². The minimum atomic E-state index is -0.238. The van der Waals surface area contributed by atoms with Crippen LogP contribution >= 0.6 is 34.8 Å². The Morgan fingerprint density at radius 2 is 1.70 bits per heavy atom. The van der Waals surface area contributed by atoms with Gasteiger partial charge in [-0.3, -0.25) is 4.79 Å². The van der Waals surface area contributed by atoms with Crippen LogP contribution in [0.1, 0.15) is 12.5 Å². The molecule has 1 unspecified atom stereocenters. The summed E-state index contributed by atoms with van der Waals surface area (Å²) in [5.74, 6) is -0.0966. The molecule has 0 heterocycles. The summed E-state index contributed by atoms with van der Waals surface area (Å²) in [5.41, 5.74) is 1.68. The van der Waals surface area contributed by atoms with Gasteiger partial charge >= 0.3 is 0 Å². The zero-order chi connectivity index (χ0) is 17.0. The maximum Gasteiger partial charge on any atom is 0.282 e. The van der Waals surface area contributed by atoms with Crippen LogP contribution in [-0.2, 0) is 11.3 Å². The van der Waals surface area contributed by atoms with Crippen molar-refractivity contribution in [3.05, 3.63) is 63.1 Å². The normalized spacial score (nSPS) is 13.4. The lowest BCUT2D eigenvalue weighted by Gasteiger charge is -2.21. The Kier molecular flexibility index (Phi) is 6.31. The zero-order valence-corrected chi connectivity index (χ0v) is 15.1. The van der Waals surface area contributed by atoms with Crippen LogP contribution < -0.4 is 10.2 Å². The summed E-state index contributed by atoms with van der Waals surface area (Å²) in [5, 5.41) is 4.50. The van der Waals surface area contributed by atoms with Crippen molar-refractivity contribution in [2.45, 2.75) is 19.5 Å².